The SMILES string of the molecule is CCCCN(C)C(=O)CC. The zero-order valence-corrected chi connectivity index (χ0v) is 7.18. The average Bonchev–Trinajstić information content (AvgIpc) is 1.98. The van der Waals surface area contributed by atoms with Gasteiger partial charge in [-0.3, -0.25) is 4.79 Å². The quantitative estimate of drug-likeness (QED) is 0.586. The Balaban J connectivity index is 3.41. The fourth-order valence-electron chi connectivity index (χ4n) is 0.790. The van der Waals surface area contributed by atoms with Crippen molar-refractivity contribution in [2.24, 2.45) is 0 Å². The van der Waals surface area contributed by atoms with Crippen LogP contribution >= 0.6 is 0 Å². The summed E-state index contributed by atoms with van der Waals surface area (Å²) in [7, 11) is 1.86. The first-order valence-electron chi connectivity index (χ1n) is 3.96. The molecule has 0 N–H and O–H groups in total. The molecule has 0 radical (unpaired) electrons. The van der Waals surface area contributed by atoms with E-state index in [2.05, 4.69) is 6.92 Å². The third kappa shape index (κ3) is 3.49. The van der Waals surface area contributed by atoms with Crippen LogP contribution in [0.15, 0.2) is 0 Å². The highest BCUT2D eigenvalue weighted by Gasteiger charge is 2.02. The van der Waals surface area contributed by atoms with Gasteiger partial charge in [-0.2, -0.15) is 0 Å². The minimum absolute atomic E-state index is 0.244. The minimum Gasteiger partial charge on any atom is -0.346 e. The van der Waals surface area contributed by atoms with Crippen LogP contribution in [0.2, 0.25) is 0 Å². The van der Waals surface area contributed by atoms with E-state index in [0.29, 0.717) is 6.42 Å². The second kappa shape index (κ2) is 5.27. The highest BCUT2D eigenvalue weighted by molar-refractivity contribution is 5.75. The molecule has 0 fully saturated rings. The maximum Gasteiger partial charge on any atom is 0.222 e. The van der Waals surface area contributed by atoms with E-state index in [1.54, 1.807) is 4.90 Å². The number of carbonyl (C=O) groups excluding carboxylic acids is 1. The molecule has 60 valence electrons. The molecule has 10 heavy (non-hydrogen) atoms. The summed E-state index contributed by atoms with van der Waals surface area (Å²) in [4.78, 5) is 12.7. The van der Waals surface area contributed by atoms with Crippen molar-refractivity contribution in [3.8, 4) is 0 Å². The highest BCUT2D eigenvalue weighted by atomic mass is 16.2. The standard InChI is InChI=1S/C8H17NO/c1-4-6-7-9(3)8(10)5-2/h4-7H2,1-3H3. The van der Waals surface area contributed by atoms with Crippen LogP contribution in [0.5, 0.6) is 0 Å². The summed E-state index contributed by atoms with van der Waals surface area (Å²) >= 11 is 0. The Hall–Kier alpha value is -0.530. The minimum atomic E-state index is 0.244. The van der Waals surface area contributed by atoms with Crippen LogP contribution in [0.1, 0.15) is 33.1 Å². The van der Waals surface area contributed by atoms with Crippen LogP contribution in [-0.2, 0) is 4.79 Å². The number of hydrogen-bond acceptors (Lipinski definition) is 1. The summed E-state index contributed by atoms with van der Waals surface area (Å²) in [5.41, 5.74) is 0. The van der Waals surface area contributed by atoms with Crippen molar-refractivity contribution in [1.82, 2.24) is 4.90 Å². The summed E-state index contributed by atoms with van der Waals surface area (Å²) in [6, 6.07) is 0. The Labute approximate surface area is 63.2 Å². The molecule has 0 bridgehead atoms. The molecule has 0 heterocycles. The van der Waals surface area contributed by atoms with Gasteiger partial charge in [0, 0.05) is 20.0 Å². The third-order valence-electron chi connectivity index (χ3n) is 1.58. The van der Waals surface area contributed by atoms with E-state index in [1.165, 1.54) is 0 Å². The van der Waals surface area contributed by atoms with Crippen LogP contribution in [0.25, 0.3) is 0 Å². The Morgan fingerprint density at radius 2 is 2.00 bits per heavy atom. The monoisotopic (exact) mass is 143 g/mol. The molecule has 2 nitrogen and oxygen atoms in total. The van der Waals surface area contributed by atoms with Crippen molar-refractivity contribution in [3.05, 3.63) is 0 Å². The Morgan fingerprint density at radius 3 is 2.40 bits per heavy atom. The highest BCUT2D eigenvalue weighted by Crippen LogP contribution is 1.93. The van der Waals surface area contributed by atoms with Gasteiger partial charge in [0.05, 0.1) is 0 Å². The molecule has 0 saturated heterocycles. The first-order chi connectivity index (χ1) is 4.72. The van der Waals surface area contributed by atoms with Gasteiger partial charge in [0.25, 0.3) is 0 Å². The number of unbranched alkanes of at least 4 members (excludes halogenated alkanes) is 1. The summed E-state index contributed by atoms with van der Waals surface area (Å²) in [6.07, 6.45) is 2.89. The lowest BCUT2D eigenvalue weighted by atomic mass is 10.3. The lowest BCUT2D eigenvalue weighted by Gasteiger charge is -2.14. The molecule has 0 spiro atoms. The Bertz CT molecular complexity index is 101. The molecule has 0 aromatic carbocycles. The van der Waals surface area contributed by atoms with E-state index in [9.17, 15) is 4.79 Å². The summed E-state index contributed by atoms with van der Waals surface area (Å²) in [5.74, 6) is 0.244. The molecule has 0 aliphatic heterocycles. The molecule has 0 rings (SSSR count). The second-order valence-corrected chi connectivity index (χ2v) is 2.52. The van der Waals surface area contributed by atoms with E-state index in [0.717, 1.165) is 19.4 Å². The molecule has 1 amide bonds. The predicted molar refractivity (Wildman–Crippen MR) is 42.8 cm³/mol. The van der Waals surface area contributed by atoms with Gasteiger partial charge in [0.1, 0.15) is 0 Å². The molecule has 2 heteroatoms. The van der Waals surface area contributed by atoms with Gasteiger partial charge in [-0.05, 0) is 6.42 Å². The predicted octanol–water partition coefficient (Wildman–Crippen LogP) is 1.65. The largest absolute Gasteiger partial charge is 0.346 e. The zero-order chi connectivity index (χ0) is 7.98. The van der Waals surface area contributed by atoms with E-state index >= 15 is 0 Å². The number of carbonyl (C=O) groups is 1. The van der Waals surface area contributed by atoms with Gasteiger partial charge in [-0.1, -0.05) is 20.3 Å². The van der Waals surface area contributed by atoms with Crippen molar-refractivity contribution in [2.75, 3.05) is 13.6 Å². The van der Waals surface area contributed by atoms with Crippen LogP contribution in [0.4, 0.5) is 0 Å². The number of amides is 1. The number of rotatable bonds is 4. The van der Waals surface area contributed by atoms with Crippen molar-refractivity contribution in [3.63, 3.8) is 0 Å². The molecule has 0 aromatic rings. The second-order valence-electron chi connectivity index (χ2n) is 2.52. The van der Waals surface area contributed by atoms with Gasteiger partial charge in [0.15, 0.2) is 0 Å². The molecule has 0 aliphatic carbocycles. The summed E-state index contributed by atoms with van der Waals surface area (Å²) in [6.45, 7) is 4.93. The zero-order valence-electron chi connectivity index (χ0n) is 7.18. The van der Waals surface area contributed by atoms with Gasteiger partial charge in [-0.15, -0.1) is 0 Å². The first-order valence-corrected chi connectivity index (χ1v) is 3.96. The van der Waals surface area contributed by atoms with Gasteiger partial charge >= 0.3 is 0 Å². The van der Waals surface area contributed by atoms with Gasteiger partial charge in [0.2, 0.25) is 5.91 Å². The third-order valence-corrected chi connectivity index (χ3v) is 1.58. The lowest BCUT2D eigenvalue weighted by Crippen LogP contribution is -2.26. The number of nitrogens with zero attached hydrogens (tertiary/aromatic N) is 1. The van der Waals surface area contributed by atoms with Crippen LogP contribution in [0, 0.1) is 0 Å². The molecule has 0 atom stereocenters. The van der Waals surface area contributed by atoms with Crippen LogP contribution in [-0.4, -0.2) is 24.4 Å². The van der Waals surface area contributed by atoms with Crippen molar-refractivity contribution < 1.29 is 4.79 Å². The fraction of sp³-hybridized carbons (Fsp3) is 0.875. The molecular weight excluding hydrogens is 126 g/mol. The van der Waals surface area contributed by atoms with E-state index in [-0.39, 0.29) is 5.91 Å². The van der Waals surface area contributed by atoms with Crippen LogP contribution in [0.3, 0.4) is 0 Å². The topological polar surface area (TPSA) is 20.3 Å². The molecule has 0 saturated carbocycles. The Kier molecular flexibility index (Phi) is 4.99. The van der Waals surface area contributed by atoms with E-state index in [4.69, 9.17) is 0 Å². The van der Waals surface area contributed by atoms with Crippen molar-refractivity contribution in [2.45, 2.75) is 33.1 Å². The van der Waals surface area contributed by atoms with Gasteiger partial charge in [-0.25, -0.2) is 0 Å². The summed E-state index contributed by atoms with van der Waals surface area (Å²) < 4.78 is 0. The normalized spacial score (nSPS) is 9.50. The average molecular weight is 143 g/mol. The fourth-order valence-corrected chi connectivity index (χ4v) is 0.790. The smallest absolute Gasteiger partial charge is 0.222 e. The Morgan fingerprint density at radius 1 is 1.40 bits per heavy atom. The van der Waals surface area contributed by atoms with E-state index < -0.39 is 0 Å². The van der Waals surface area contributed by atoms with Crippen molar-refractivity contribution in [1.29, 1.82) is 0 Å². The number of hydrogen-bond donors (Lipinski definition) is 0. The lowest BCUT2D eigenvalue weighted by molar-refractivity contribution is -0.129. The molecule has 0 unspecified atom stereocenters. The van der Waals surface area contributed by atoms with Crippen molar-refractivity contribution >= 4 is 5.91 Å². The van der Waals surface area contributed by atoms with Gasteiger partial charge < -0.3 is 4.90 Å². The molecule has 0 aromatic heterocycles. The maximum atomic E-state index is 10.9. The molecular formula is C8H17NO. The summed E-state index contributed by atoms with van der Waals surface area (Å²) in [5, 5.41) is 0. The van der Waals surface area contributed by atoms with E-state index in [1.807, 2.05) is 14.0 Å². The maximum absolute atomic E-state index is 10.9. The van der Waals surface area contributed by atoms with Crippen LogP contribution < -0.4 is 0 Å². The molecule has 0 aliphatic rings. The first kappa shape index (κ1) is 9.47.